The summed E-state index contributed by atoms with van der Waals surface area (Å²) >= 11 is 0. The van der Waals surface area contributed by atoms with Gasteiger partial charge in [0.25, 0.3) is 0 Å². The van der Waals surface area contributed by atoms with E-state index in [9.17, 15) is 13.2 Å². The Labute approximate surface area is 88.8 Å². The van der Waals surface area contributed by atoms with Crippen LogP contribution in [-0.4, -0.2) is 16.6 Å². The van der Waals surface area contributed by atoms with Gasteiger partial charge in [-0.05, 0) is 0 Å². The Morgan fingerprint density at radius 1 is 1.50 bits per heavy atom. The van der Waals surface area contributed by atoms with E-state index in [0.717, 1.165) is 6.07 Å². The van der Waals surface area contributed by atoms with E-state index in [2.05, 4.69) is 15.9 Å². The summed E-state index contributed by atoms with van der Waals surface area (Å²) in [5.41, 5.74) is 1.97. The SMILES string of the molecule is C#CCOc1cc(NN)nc(C(F)(F)F)n1. The van der Waals surface area contributed by atoms with Crippen molar-refractivity contribution in [2.45, 2.75) is 6.18 Å². The standard InChI is InChI=1S/C8H7F3N4O/c1-2-3-16-6-4-5(15-12)13-7(14-6)8(9,10)11/h1,4H,3,12H2,(H,13,14,15). The molecule has 1 aromatic rings. The quantitative estimate of drug-likeness (QED) is 0.458. The summed E-state index contributed by atoms with van der Waals surface area (Å²) in [7, 11) is 0. The normalized spacial score (nSPS) is 10.7. The number of anilines is 1. The molecule has 0 fully saturated rings. The molecule has 3 N–H and O–H groups in total. The van der Waals surface area contributed by atoms with Crippen LogP contribution < -0.4 is 16.0 Å². The van der Waals surface area contributed by atoms with Crippen LogP contribution in [0, 0.1) is 12.3 Å². The van der Waals surface area contributed by atoms with Gasteiger partial charge in [-0.25, -0.2) is 10.8 Å². The van der Waals surface area contributed by atoms with Gasteiger partial charge in [-0.3, -0.25) is 0 Å². The molecule has 8 heteroatoms. The predicted molar refractivity (Wildman–Crippen MR) is 49.2 cm³/mol. The monoisotopic (exact) mass is 232 g/mol. The third-order valence-corrected chi connectivity index (χ3v) is 1.41. The van der Waals surface area contributed by atoms with E-state index in [4.69, 9.17) is 17.0 Å². The number of terminal acetylenes is 1. The first-order valence-corrected chi connectivity index (χ1v) is 3.96. The van der Waals surface area contributed by atoms with Crippen LogP contribution >= 0.6 is 0 Å². The van der Waals surface area contributed by atoms with Gasteiger partial charge in [0.15, 0.2) is 6.61 Å². The molecule has 0 saturated heterocycles. The van der Waals surface area contributed by atoms with E-state index in [0.29, 0.717) is 0 Å². The number of hydrogen-bond donors (Lipinski definition) is 2. The number of nitrogens with two attached hydrogens (primary N) is 1. The number of nitrogens with one attached hydrogen (secondary N) is 1. The fourth-order valence-corrected chi connectivity index (χ4v) is 0.815. The summed E-state index contributed by atoms with van der Waals surface area (Å²) in [5.74, 6) is 5.19. The summed E-state index contributed by atoms with van der Waals surface area (Å²) in [6.07, 6.45) is 0.210. The van der Waals surface area contributed by atoms with Crippen LogP contribution in [0.4, 0.5) is 19.0 Å². The van der Waals surface area contributed by atoms with Gasteiger partial charge in [-0.15, -0.1) is 6.42 Å². The van der Waals surface area contributed by atoms with Crippen LogP contribution in [0.2, 0.25) is 0 Å². The van der Waals surface area contributed by atoms with Crippen molar-refractivity contribution in [3.63, 3.8) is 0 Å². The highest BCUT2D eigenvalue weighted by atomic mass is 19.4. The molecule has 5 nitrogen and oxygen atoms in total. The van der Waals surface area contributed by atoms with Gasteiger partial charge in [-0.1, -0.05) is 5.92 Å². The number of ether oxygens (including phenoxy) is 1. The van der Waals surface area contributed by atoms with E-state index in [1.807, 2.05) is 5.43 Å². The highest BCUT2D eigenvalue weighted by Crippen LogP contribution is 2.28. The molecule has 0 saturated carbocycles. The molecule has 0 aliphatic carbocycles. The lowest BCUT2D eigenvalue weighted by Crippen LogP contribution is -2.16. The lowest BCUT2D eigenvalue weighted by Gasteiger charge is -2.09. The first-order valence-electron chi connectivity index (χ1n) is 3.96. The largest absolute Gasteiger partial charge is 0.464 e. The average Bonchev–Trinajstić information content (AvgIpc) is 2.24. The zero-order valence-corrected chi connectivity index (χ0v) is 7.88. The second-order valence-corrected chi connectivity index (χ2v) is 2.55. The molecule has 0 atom stereocenters. The van der Waals surface area contributed by atoms with Gasteiger partial charge in [0.2, 0.25) is 11.7 Å². The minimum Gasteiger partial charge on any atom is -0.464 e. The lowest BCUT2D eigenvalue weighted by atomic mass is 10.5. The van der Waals surface area contributed by atoms with Crippen molar-refractivity contribution in [1.29, 1.82) is 0 Å². The van der Waals surface area contributed by atoms with E-state index in [1.54, 1.807) is 0 Å². The summed E-state index contributed by atoms with van der Waals surface area (Å²) < 4.78 is 41.7. The number of rotatable bonds is 3. The maximum Gasteiger partial charge on any atom is 0.451 e. The number of halogens is 3. The van der Waals surface area contributed by atoms with Crippen LogP contribution in [-0.2, 0) is 6.18 Å². The van der Waals surface area contributed by atoms with E-state index in [-0.39, 0.29) is 18.3 Å². The summed E-state index contributed by atoms with van der Waals surface area (Å²) in [5, 5.41) is 0. The highest BCUT2D eigenvalue weighted by molar-refractivity contribution is 5.37. The van der Waals surface area contributed by atoms with Gasteiger partial charge in [0, 0.05) is 6.07 Å². The van der Waals surface area contributed by atoms with Crippen LogP contribution in [0.1, 0.15) is 5.82 Å². The van der Waals surface area contributed by atoms with Gasteiger partial charge in [0.05, 0.1) is 0 Å². The Balaban J connectivity index is 3.07. The number of alkyl halides is 3. The Morgan fingerprint density at radius 3 is 2.69 bits per heavy atom. The highest BCUT2D eigenvalue weighted by Gasteiger charge is 2.35. The number of aromatic nitrogens is 2. The molecule has 1 aromatic heterocycles. The molecular weight excluding hydrogens is 225 g/mol. The van der Waals surface area contributed by atoms with Gasteiger partial charge < -0.3 is 10.2 Å². The third kappa shape index (κ3) is 2.99. The molecule has 0 bridgehead atoms. The zero-order chi connectivity index (χ0) is 12.2. The van der Waals surface area contributed by atoms with Crippen molar-refractivity contribution in [2.75, 3.05) is 12.0 Å². The lowest BCUT2D eigenvalue weighted by molar-refractivity contribution is -0.145. The van der Waals surface area contributed by atoms with Crippen molar-refractivity contribution in [3.8, 4) is 18.2 Å². The number of hydrazine groups is 1. The van der Waals surface area contributed by atoms with Crippen LogP contribution in [0.3, 0.4) is 0 Å². The van der Waals surface area contributed by atoms with Crippen LogP contribution in [0.15, 0.2) is 6.07 Å². The minimum absolute atomic E-state index is 0.196. The Kier molecular flexibility index (Phi) is 3.52. The number of nitrogens with zero attached hydrogens (tertiary/aromatic N) is 2. The fourth-order valence-electron chi connectivity index (χ4n) is 0.815. The summed E-state index contributed by atoms with van der Waals surface area (Å²) in [6.45, 7) is -0.196. The molecule has 1 rings (SSSR count). The Hall–Kier alpha value is -2.01. The molecule has 0 spiro atoms. The molecule has 0 aliphatic heterocycles. The topological polar surface area (TPSA) is 73.1 Å². The van der Waals surface area contributed by atoms with Crippen LogP contribution in [0.25, 0.3) is 0 Å². The van der Waals surface area contributed by atoms with Crippen molar-refractivity contribution < 1.29 is 17.9 Å². The molecule has 1 heterocycles. The van der Waals surface area contributed by atoms with Gasteiger partial charge in [-0.2, -0.15) is 18.2 Å². The second kappa shape index (κ2) is 4.67. The van der Waals surface area contributed by atoms with Crippen LogP contribution in [0.5, 0.6) is 5.88 Å². The number of hydrogen-bond acceptors (Lipinski definition) is 5. The van der Waals surface area contributed by atoms with Crippen molar-refractivity contribution in [3.05, 3.63) is 11.9 Å². The molecule has 0 amide bonds. The molecule has 86 valence electrons. The van der Waals surface area contributed by atoms with E-state index in [1.165, 1.54) is 0 Å². The Bertz CT molecular complexity index is 413. The smallest absolute Gasteiger partial charge is 0.451 e. The molecule has 0 aromatic carbocycles. The van der Waals surface area contributed by atoms with Gasteiger partial charge >= 0.3 is 6.18 Å². The fraction of sp³-hybridized carbons (Fsp3) is 0.250. The number of nitrogen functional groups attached to an aromatic ring is 1. The predicted octanol–water partition coefficient (Wildman–Crippen LogP) is 0.793. The van der Waals surface area contributed by atoms with E-state index < -0.39 is 12.0 Å². The first-order chi connectivity index (χ1) is 7.47. The average molecular weight is 232 g/mol. The van der Waals surface area contributed by atoms with Gasteiger partial charge in [0.1, 0.15) is 5.82 Å². The Morgan fingerprint density at radius 2 is 2.19 bits per heavy atom. The maximum atomic E-state index is 12.3. The molecule has 0 unspecified atom stereocenters. The van der Waals surface area contributed by atoms with E-state index >= 15 is 0 Å². The molecule has 0 radical (unpaired) electrons. The first kappa shape index (κ1) is 12.1. The summed E-state index contributed by atoms with van der Waals surface area (Å²) in [4.78, 5) is 6.27. The molecule has 0 aliphatic rings. The summed E-state index contributed by atoms with van der Waals surface area (Å²) in [6, 6.07) is 1.10. The third-order valence-electron chi connectivity index (χ3n) is 1.41. The minimum atomic E-state index is -4.68. The second-order valence-electron chi connectivity index (χ2n) is 2.55. The zero-order valence-electron chi connectivity index (χ0n) is 7.88. The van der Waals surface area contributed by atoms with Crippen molar-refractivity contribution >= 4 is 5.82 Å². The van der Waals surface area contributed by atoms with Crippen molar-refractivity contribution in [1.82, 2.24) is 9.97 Å². The molecule has 16 heavy (non-hydrogen) atoms. The maximum absolute atomic E-state index is 12.3. The van der Waals surface area contributed by atoms with Crippen molar-refractivity contribution in [2.24, 2.45) is 5.84 Å². The molecular formula is C8H7F3N4O.